The van der Waals surface area contributed by atoms with Crippen LogP contribution >= 0.6 is 11.8 Å². The van der Waals surface area contributed by atoms with Gasteiger partial charge in [0, 0.05) is 37.6 Å². The Hall–Kier alpha value is -1.01. The first-order valence-corrected chi connectivity index (χ1v) is 7.48. The molecule has 18 heavy (non-hydrogen) atoms. The lowest BCUT2D eigenvalue weighted by molar-refractivity contribution is -0.121. The number of aryl methyl sites for hydroxylation is 1. The molecule has 1 aliphatic rings. The average molecular weight is 269 g/mol. The molecule has 0 bridgehead atoms. The highest BCUT2D eigenvalue weighted by Crippen LogP contribution is 2.28. The minimum Gasteiger partial charge on any atom is -0.371 e. The van der Waals surface area contributed by atoms with E-state index in [1.54, 1.807) is 22.6 Å². The van der Waals surface area contributed by atoms with Gasteiger partial charge in [0.05, 0.1) is 12.2 Å². The van der Waals surface area contributed by atoms with Gasteiger partial charge < -0.3 is 10.1 Å². The molecule has 100 valence electrons. The molecule has 0 aromatic carbocycles. The highest BCUT2D eigenvalue weighted by molar-refractivity contribution is 7.98. The van der Waals surface area contributed by atoms with Crippen molar-refractivity contribution in [2.24, 2.45) is 7.05 Å². The predicted octanol–water partition coefficient (Wildman–Crippen LogP) is 1.12. The van der Waals surface area contributed by atoms with Crippen LogP contribution in [0.15, 0.2) is 12.4 Å². The third kappa shape index (κ3) is 3.26. The second-order valence-corrected chi connectivity index (χ2v) is 5.43. The summed E-state index contributed by atoms with van der Waals surface area (Å²) in [5.41, 5.74) is 1.03. The molecule has 1 N–H and O–H groups in total. The standard InChI is InChI=1S/C12H19N3O2S/c1-15-8-9(7-13-15)12-10(3-5-17-12)14-11(16)4-6-18-2/h7-8,10,12H,3-6H2,1-2H3,(H,14,16)/t10-,12+/m0/s1. The van der Waals surface area contributed by atoms with E-state index in [0.29, 0.717) is 13.0 Å². The molecule has 0 aliphatic carbocycles. The van der Waals surface area contributed by atoms with Crippen molar-refractivity contribution in [3.8, 4) is 0 Å². The van der Waals surface area contributed by atoms with Gasteiger partial charge in [-0.3, -0.25) is 9.48 Å². The van der Waals surface area contributed by atoms with E-state index >= 15 is 0 Å². The molecule has 1 saturated heterocycles. The van der Waals surface area contributed by atoms with Crippen LogP contribution < -0.4 is 5.32 Å². The number of nitrogens with zero attached hydrogens (tertiary/aromatic N) is 2. The Morgan fingerprint density at radius 1 is 1.72 bits per heavy atom. The van der Waals surface area contributed by atoms with Crippen LogP contribution in [0.1, 0.15) is 24.5 Å². The zero-order chi connectivity index (χ0) is 13.0. The molecule has 0 unspecified atom stereocenters. The molecule has 6 heteroatoms. The lowest BCUT2D eigenvalue weighted by Gasteiger charge is -2.18. The zero-order valence-electron chi connectivity index (χ0n) is 10.8. The van der Waals surface area contributed by atoms with Gasteiger partial charge in [-0.05, 0) is 12.7 Å². The number of hydrogen-bond donors (Lipinski definition) is 1. The van der Waals surface area contributed by atoms with Crippen LogP contribution in [0, 0.1) is 0 Å². The highest BCUT2D eigenvalue weighted by atomic mass is 32.2. The molecule has 1 aromatic heterocycles. The largest absolute Gasteiger partial charge is 0.371 e. The van der Waals surface area contributed by atoms with Crippen LogP contribution in [0.25, 0.3) is 0 Å². The molecule has 5 nitrogen and oxygen atoms in total. The van der Waals surface area contributed by atoms with Gasteiger partial charge in [-0.1, -0.05) is 0 Å². The topological polar surface area (TPSA) is 56.1 Å². The molecule has 2 atom stereocenters. The fourth-order valence-electron chi connectivity index (χ4n) is 2.13. The molecule has 0 spiro atoms. The Balaban J connectivity index is 1.93. The molecule has 0 radical (unpaired) electrons. The Morgan fingerprint density at radius 2 is 2.56 bits per heavy atom. The maximum absolute atomic E-state index is 11.7. The van der Waals surface area contributed by atoms with E-state index in [9.17, 15) is 4.79 Å². The van der Waals surface area contributed by atoms with Crippen LogP contribution in [0.2, 0.25) is 0 Å². The summed E-state index contributed by atoms with van der Waals surface area (Å²) in [6.07, 6.45) is 7.12. The smallest absolute Gasteiger partial charge is 0.221 e. The molecule has 2 heterocycles. The monoisotopic (exact) mass is 269 g/mol. The Bertz CT molecular complexity index is 408. The quantitative estimate of drug-likeness (QED) is 0.870. The summed E-state index contributed by atoms with van der Waals surface area (Å²) >= 11 is 1.68. The van der Waals surface area contributed by atoms with Crippen molar-refractivity contribution >= 4 is 17.7 Å². The van der Waals surface area contributed by atoms with Crippen molar-refractivity contribution in [1.29, 1.82) is 0 Å². The van der Waals surface area contributed by atoms with E-state index in [1.807, 2.05) is 19.5 Å². The van der Waals surface area contributed by atoms with E-state index in [1.165, 1.54) is 0 Å². The minimum absolute atomic E-state index is 0.0584. The van der Waals surface area contributed by atoms with Crippen molar-refractivity contribution < 1.29 is 9.53 Å². The van der Waals surface area contributed by atoms with E-state index in [4.69, 9.17) is 4.74 Å². The van der Waals surface area contributed by atoms with Crippen LogP contribution in [0.5, 0.6) is 0 Å². The second kappa shape index (κ2) is 6.24. The van der Waals surface area contributed by atoms with Crippen LogP contribution in [-0.2, 0) is 16.6 Å². The van der Waals surface area contributed by atoms with Crippen LogP contribution in [0.3, 0.4) is 0 Å². The summed E-state index contributed by atoms with van der Waals surface area (Å²) in [5, 5.41) is 7.20. The average Bonchev–Trinajstić information content (AvgIpc) is 2.95. The molecule has 1 fully saturated rings. The number of thioether (sulfide) groups is 1. The molecule has 0 saturated carbocycles. The van der Waals surface area contributed by atoms with E-state index in [-0.39, 0.29) is 18.1 Å². The predicted molar refractivity (Wildman–Crippen MR) is 71.4 cm³/mol. The Morgan fingerprint density at radius 3 is 3.22 bits per heavy atom. The molecular formula is C12H19N3O2S. The fourth-order valence-corrected chi connectivity index (χ4v) is 2.52. The van der Waals surface area contributed by atoms with Gasteiger partial charge in [-0.2, -0.15) is 16.9 Å². The summed E-state index contributed by atoms with van der Waals surface area (Å²) in [5.74, 6) is 0.963. The fraction of sp³-hybridized carbons (Fsp3) is 0.667. The SMILES string of the molecule is CSCCC(=O)N[C@H]1CCO[C@@H]1c1cnn(C)c1. The second-order valence-electron chi connectivity index (χ2n) is 4.44. The number of nitrogens with one attached hydrogen (secondary N) is 1. The van der Waals surface area contributed by atoms with Crippen LogP contribution in [0.4, 0.5) is 0 Å². The summed E-state index contributed by atoms with van der Waals surface area (Å²) in [4.78, 5) is 11.7. The maximum atomic E-state index is 11.7. The van der Waals surface area contributed by atoms with Crippen molar-refractivity contribution in [3.05, 3.63) is 18.0 Å². The minimum atomic E-state index is -0.0584. The highest BCUT2D eigenvalue weighted by Gasteiger charge is 2.31. The summed E-state index contributed by atoms with van der Waals surface area (Å²) in [6.45, 7) is 0.688. The lowest BCUT2D eigenvalue weighted by Crippen LogP contribution is -2.36. The normalized spacial score (nSPS) is 23.2. The van der Waals surface area contributed by atoms with Crippen molar-refractivity contribution in [1.82, 2.24) is 15.1 Å². The van der Waals surface area contributed by atoms with Crippen molar-refractivity contribution in [2.45, 2.75) is 25.0 Å². The van der Waals surface area contributed by atoms with Gasteiger partial charge in [-0.15, -0.1) is 0 Å². The van der Waals surface area contributed by atoms with E-state index < -0.39 is 0 Å². The maximum Gasteiger partial charge on any atom is 0.221 e. The van der Waals surface area contributed by atoms with Crippen molar-refractivity contribution in [2.75, 3.05) is 18.6 Å². The zero-order valence-corrected chi connectivity index (χ0v) is 11.6. The first-order chi connectivity index (χ1) is 8.70. The lowest BCUT2D eigenvalue weighted by atomic mass is 10.1. The summed E-state index contributed by atoms with van der Waals surface area (Å²) < 4.78 is 7.45. The van der Waals surface area contributed by atoms with Gasteiger partial charge >= 0.3 is 0 Å². The molecule has 2 rings (SSSR count). The van der Waals surface area contributed by atoms with E-state index in [2.05, 4.69) is 10.4 Å². The first-order valence-electron chi connectivity index (χ1n) is 6.09. The number of carbonyl (C=O) groups is 1. The molecular weight excluding hydrogens is 250 g/mol. The third-order valence-electron chi connectivity index (χ3n) is 3.02. The van der Waals surface area contributed by atoms with Gasteiger partial charge in [-0.25, -0.2) is 0 Å². The number of carbonyl (C=O) groups excluding carboxylic acids is 1. The molecule has 1 amide bonds. The molecule has 1 aromatic rings. The number of amides is 1. The molecule has 1 aliphatic heterocycles. The Kier molecular flexibility index (Phi) is 4.66. The van der Waals surface area contributed by atoms with Gasteiger partial charge in [0.25, 0.3) is 0 Å². The summed E-state index contributed by atoms with van der Waals surface area (Å²) in [7, 11) is 1.88. The van der Waals surface area contributed by atoms with Crippen molar-refractivity contribution in [3.63, 3.8) is 0 Å². The first kappa shape index (κ1) is 13.4. The third-order valence-corrected chi connectivity index (χ3v) is 3.64. The number of hydrogen-bond acceptors (Lipinski definition) is 4. The van der Waals surface area contributed by atoms with E-state index in [0.717, 1.165) is 17.7 Å². The van der Waals surface area contributed by atoms with Gasteiger partial charge in [0.15, 0.2) is 0 Å². The van der Waals surface area contributed by atoms with Gasteiger partial charge in [0.1, 0.15) is 6.10 Å². The van der Waals surface area contributed by atoms with Crippen LogP contribution in [-0.4, -0.2) is 40.3 Å². The van der Waals surface area contributed by atoms with Gasteiger partial charge in [0.2, 0.25) is 5.91 Å². The Labute approximate surface area is 111 Å². The number of rotatable bonds is 5. The number of ether oxygens (including phenoxy) is 1. The number of aromatic nitrogens is 2. The summed E-state index contributed by atoms with van der Waals surface area (Å²) in [6, 6.07) is 0.0727.